The van der Waals surface area contributed by atoms with Crippen LogP contribution in [0.3, 0.4) is 0 Å². The molecule has 0 aliphatic carbocycles. The summed E-state index contributed by atoms with van der Waals surface area (Å²) in [6.07, 6.45) is 1.81. The average molecular weight is 337 g/mol. The maximum Gasteiger partial charge on any atom is 0.303 e. The lowest BCUT2D eigenvalue weighted by atomic mass is 10.1. The Morgan fingerprint density at radius 2 is 2.09 bits per heavy atom. The summed E-state index contributed by atoms with van der Waals surface area (Å²) < 4.78 is 28.0. The highest BCUT2D eigenvalue weighted by molar-refractivity contribution is 7.92. The lowest BCUT2D eigenvalue weighted by Gasteiger charge is -2.20. The third-order valence-electron chi connectivity index (χ3n) is 3.50. The highest BCUT2D eigenvalue weighted by Gasteiger charge is 2.25. The molecule has 8 heteroatoms. The molecule has 0 fully saturated rings. The van der Waals surface area contributed by atoms with Gasteiger partial charge in [-0.3, -0.25) is 13.8 Å². The number of aromatic nitrogens is 2. The van der Waals surface area contributed by atoms with Crippen LogP contribution in [-0.4, -0.2) is 36.3 Å². The second-order valence-electron chi connectivity index (χ2n) is 5.02. The van der Waals surface area contributed by atoms with E-state index in [1.165, 1.54) is 28.3 Å². The van der Waals surface area contributed by atoms with Gasteiger partial charge >= 0.3 is 5.97 Å². The summed E-state index contributed by atoms with van der Waals surface area (Å²) in [5.41, 5.74) is 1.26. The molecule has 7 nitrogen and oxygen atoms in total. The van der Waals surface area contributed by atoms with E-state index in [2.05, 4.69) is 5.10 Å². The van der Waals surface area contributed by atoms with Gasteiger partial charge < -0.3 is 5.11 Å². The van der Waals surface area contributed by atoms with Crippen molar-refractivity contribution in [2.45, 2.75) is 31.3 Å². The molecule has 0 amide bonds. The van der Waals surface area contributed by atoms with Crippen LogP contribution in [0.1, 0.15) is 18.9 Å². The number of aliphatic carboxylic acids is 1. The summed E-state index contributed by atoms with van der Waals surface area (Å²) in [5.74, 6) is -0.886. The first-order valence-electron chi connectivity index (χ1n) is 7.17. The molecule has 2 rings (SSSR count). The molecule has 0 radical (unpaired) electrons. The summed E-state index contributed by atoms with van der Waals surface area (Å²) in [7, 11) is -2.25. The quantitative estimate of drug-likeness (QED) is 0.831. The number of nitrogens with zero attached hydrogens (tertiary/aromatic N) is 3. The zero-order chi connectivity index (χ0) is 17.0. The van der Waals surface area contributed by atoms with Gasteiger partial charge in [0.2, 0.25) is 0 Å². The number of rotatable bonds is 7. The molecular weight excluding hydrogens is 318 g/mol. The summed E-state index contributed by atoms with van der Waals surface area (Å²) in [6, 6.07) is 8.32. The van der Waals surface area contributed by atoms with Crippen molar-refractivity contribution in [2.24, 2.45) is 0 Å². The van der Waals surface area contributed by atoms with Gasteiger partial charge in [0.15, 0.2) is 5.03 Å². The third kappa shape index (κ3) is 3.70. The zero-order valence-electron chi connectivity index (χ0n) is 13.0. The minimum atomic E-state index is -3.72. The fourth-order valence-electron chi connectivity index (χ4n) is 2.22. The van der Waals surface area contributed by atoms with Crippen molar-refractivity contribution < 1.29 is 18.3 Å². The average Bonchev–Trinajstić information content (AvgIpc) is 3.02. The van der Waals surface area contributed by atoms with Crippen LogP contribution < -0.4 is 4.31 Å². The largest absolute Gasteiger partial charge is 0.481 e. The van der Waals surface area contributed by atoms with Gasteiger partial charge in [-0.05, 0) is 37.1 Å². The van der Waals surface area contributed by atoms with Crippen molar-refractivity contribution in [1.82, 2.24) is 9.78 Å². The fraction of sp³-hybridized carbons (Fsp3) is 0.333. The third-order valence-corrected chi connectivity index (χ3v) is 5.31. The monoisotopic (exact) mass is 337 g/mol. The molecule has 0 aliphatic heterocycles. The number of aryl methyl sites for hydroxylation is 2. The van der Waals surface area contributed by atoms with Crippen molar-refractivity contribution in [3.63, 3.8) is 0 Å². The van der Waals surface area contributed by atoms with Gasteiger partial charge in [0.1, 0.15) is 0 Å². The van der Waals surface area contributed by atoms with Crippen molar-refractivity contribution in [3.8, 4) is 0 Å². The molecule has 0 aliphatic rings. The maximum absolute atomic E-state index is 12.7. The molecule has 1 heterocycles. The number of carboxylic acids is 1. The smallest absolute Gasteiger partial charge is 0.303 e. The molecule has 2 aromatic rings. The van der Waals surface area contributed by atoms with Gasteiger partial charge in [-0.25, -0.2) is 0 Å². The Morgan fingerprint density at radius 1 is 1.35 bits per heavy atom. The summed E-state index contributed by atoms with van der Waals surface area (Å²) in [4.78, 5) is 10.7. The first-order valence-corrected chi connectivity index (χ1v) is 8.61. The Balaban J connectivity index is 2.31. The van der Waals surface area contributed by atoms with E-state index in [1.807, 2.05) is 6.92 Å². The zero-order valence-corrected chi connectivity index (χ0v) is 13.8. The molecule has 1 N–H and O–H groups in total. The Labute approximate surface area is 135 Å². The molecule has 0 bridgehead atoms. The van der Waals surface area contributed by atoms with Crippen molar-refractivity contribution in [1.29, 1.82) is 0 Å². The van der Waals surface area contributed by atoms with E-state index in [0.29, 0.717) is 18.7 Å². The number of hydrogen-bond acceptors (Lipinski definition) is 4. The summed E-state index contributed by atoms with van der Waals surface area (Å²) in [5, 5.41) is 12.9. The Hall–Kier alpha value is -2.35. The van der Waals surface area contributed by atoms with Crippen molar-refractivity contribution >= 4 is 21.7 Å². The van der Waals surface area contributed by atoms with Gasteiger partial charge in [-0.2, -0.15) is 13.5 Å². The van der Waals surface area contributed by atoms with Crippen LogP contribution in [0.2, 0.25) is 0 Å². The van der Waals surface area contributed by atoms with Crippen LogP contribution in [0.4, 0.5) is 5.69 Å². The van der Waals surface area contributed by atoms with Crippen LogP contribution in [0.15, 0.2) is 41.6 Å². The molecule has 124 valence electrons. The first-order chi connectivity index (χ1) is 10.9. The first kappa shape index (κ1) is 17.0. The molecule has 23 heavy (non-hydrogen) atoms. The summed E-state index contributed by atoms with van der Waals surface area (Å²) >= 11 is 0. The number of hydrogen-bond donors (Lipinski definition) is 1. The standard InChI is InChI=1S/C15H19N3O4S/c1-3-18-14(9-10-16-18)23(21,22)17(2)13-6-4-5-12(11-13)7-8-15(19)20/h4-6,9-11H,3,7-8H2,1-2H3,(H,19,20). The lowest BCUT2D eigenvalue weighted by Crippen LogP contribution is -2.28. The normalized spacial score (nSPS) is 11.4. The fourth-order valence-corrected chi connectivity index (χ4v) is 3.56. The SMILES string of the molecule is CCn1nccc1S(=O)(=O)N(C)c1cccc(CCC(=O)O)c1. The number of carboxylic acid groups (broad SMARTS) is 1. The minimum Gasteiger partial charge on any atom is -0.481 e. The molecular formula is C15H19N3O4S. The Morgan fingerprint density at radius 3 is 2.74 bits per heavy atom. The van der Waals surface area contributed by atoms with E-state index in [-0.39, 0.29) is 11.4 Å². The lowest BCUT2D eigenvalue weighted by molar-refractivity contribution is -0.136. The van der Waals surface area contributed by atoms with Crippen LogP contribution in [0, 0.1) is 0 Å². The number of carbonyl (C=O) groups is 1. The molecule has 1 aromatic heterocycles. The summed E-state index contributed by atoms with van der Waals surface area (Å²) in [6.45, 7) is 2.27. The molecule has 0 saturated heterocycles. The molecule has 0 saturated carbocycles. The maximum atomic E-state index is 12.7. The van der Waals surface area contributed by atoms with Crippen LogP contribution in [0.25, 0.3) is 0 Å². The Bertz CT molecular complexity index is 799. The van der Waals surface area contributed by atoms with Gasteiger partial charge in [-0.15, -0.1) is 0 Å². The van der Waals surface area contributed by atoms with E-state index in [0.717, 1.165) is 5.56 Å². The molecule has 0 unspecified atom stereocenters. The van der Waals surface area contributed by atoms with Gasteiger partial charge in [-0.1, -0.05) is 12.1 Å². The number of anilines is 1. The van der Waals surface area contributed by atoms with E-state index in [9.17, 15) is 13.2 Å². The topological polar surface area (TPSA) is 92.5 Å². The Kier molecular flexibility index (Phi) is 5.05. The van der Waals surface area contributed by atoms with Gasteiger partial charge in [0, 0.05) is 20.0 Å². The van der Waals surface area contributed by atoms with Gasteiger partial charge in [0.05, 0.1) is 11.9 Å². The molecule has 0 spiro atoms. The second-order valence-corrected chi connectivity index (χ2v) is 6.94. The molecule has 0 atom stereocenters. The highest BCUT2D eigenvalue weighted by atomic mass is 32.2. The van der Waals surface area contributed by atoms with E-state index < -0.39 is 16.0 Å². The number of benzene rings is 1. The number of sulfonamides is 1. The molecule has 1 aromatic carbocycles. The van der Waals surface area contributed by atoms with Crippen LogP contribution in [-0.2, 0) is 27.8 Å². The van der Waals surface area contributed by atoms with Crippen LogP contribution in [0.5, 0.6) is 0 Å². The van der Waals surface area contributed by atoms with Gasteiger partial charge in [0.25, 0.3) is 10.0 Å². The van der Waals surface area contributed by atoms with Crippen molar-refractivity contribution in [2.75, 3.05) is 11.4 Å². The van der Waals surface area contributed by atoms with E-state index in [4.69, 9.17) is 5.11 Å². The van der Waals surface area contributed by atoms with Crippen molar-refractivity contribution in [3.05, 3.63) is 42.1 Å². The predicted octanol–water partition coefficient (Wildman–Crippen LogP) is 1.75. The second kappa shape index (κ2) is 6.82. The van der Waals surface area contributed by atoms with E-state index in [1.54, 1.807) is 24.3 Å². The van der Waals surface area contributed by atoms with Crippen LogP contribution >= 0.6 is 0 Å². The highest BCUT2D eigenvalue weighted by Crippen LogP contribution is 2.23. The minimum absolute atomic E-state index is 0.00250. The van der Waals surface area contributed by atoms with E-state index >= 15 is 0 Å². The predicted molar refractivity (Wildman–Crippen MR) is 85.9 cm³/mol.